The van der Waals surface area contributed by atoms with E-state index >= 15 is 0 Å². The Balaban J connectivity index is 1.84. The van der Waals surface area contributed by atoms with Crippen LogP contribution in [0.4, 0.5) is 18.0 Å². The Bertz CT molecular complexity index is 634. The van der Waals surface area contributed by atoms with E-state index in [-0.39, 0.29) is 30.8 Å². The van der Waals surface area contributed by atoms with Gasteiger partial charge in [0.05, 0.1) is 5.92 Å². The van der Waals surface area contributed by atoms with Gasteiger partial charge in [-0.3, -0.25) is 4.79 Å². The van der Waals surface area contributed by atoms with Gasteiger partial charge in [0.25, 0.3) is 0 Å². The van der Waals surface area contributed by atoms with Crippen molar-refractivity contribution < 1.29 is 32.6 Å². The lowest BCUT2D eigenvalue weighted by Crippen LogP contribution is -2.49. The van der Waals surface area contributed by atoms with Gasteiger partial charge in [0.1, 0.15) is 5.75 Å². The number of rotatable bonds is 5. The first-order valence-corrected chi connectivity index (χ1v) is 8.18. The monoisotopic (exact) mass is 374 g/mol. The second-order valence-electron chi connectivity index (χ2n) is 6.49. The fraction of sp³-hybridized carbons (Fsp3) is 0.529. The minimum atomic E-state index is -4.40. The molecule has 2 unspecified atom stereocenters. The lowest BCUT2D eigenvalue weighted by Gasteiger charge is -2.34. The molecule has 1 aliphatic heterocycles. The number of halogens is 3. The summed E-state index contributed by atoms with van der Waals surface area (Å²) in [5.74, 6) is -1.30. The number of carboxylic acid groups (broad SMARTS) is 1. The number of carbonyl (C=O) groups excluding carboxylic acids is 1. The highest BCUT2D eigenvalue weighted by atomic mass is 19.4. The van der Waals surface area contributed by atoms with Gasteiger partial charge < -0.3 is 20.1 Å². The molecule has 0 radical (unpaired) electrons. The van der Waals surface area contributed by atoms with Gasteiger partial charge in [-0.2, -0.15) is 13.2 Å². The Hall–Kier alpha value is -2.45. The van der Waals surface area contributed by atoms with Gasteiger partial charge in [-0.1, -0.05) is 19.1 Å². The Morgan fingerprint density at radius 1 is 1.27 bits per heavy atom. The molecule has 0 aromatic heterocycles. The van der Waals surface area contributed by atoms with E-state index in [0.717, 1.165) is 0 Å². The molecule has 0 aliphatic carbocycles. The maximum atomic E-state index is 12.2. The highest BCUT2D eigenvalue weighted by Gasteiger charge is 2.31. The van der Waals surface area contributed by atoms with Crippen LogP contribution in [0.1, 0.15) is 18.9 Å². The molecule has 144 valence electrons. The number of piperidine rings is 1. The van der Waals surface area contributed by atoms with Crippen molar-refractivity contribution in [3.63, 3.8) is 0 Å². The number of urea groups is 1. The number of hydrogen-bond acceptors (Lipinski definition) is 3. The zero-order valence-corrected chi connectivity index (χ0v) is 14.3. The van der Waals surface area contributed by atoms with Crippen LogP contribution in [-0.2, 0) is 11.3 Å². The molecule has 9 heteroatoms. The number of carbonyl (C=O) groups is 2. The predicted molar refractivity (Wildman–Crippen MR) is 86.7 cm³/mol. The van der Waals surface area contributed by atoms with Crippen LogP contribution in [0.15, 0.2) is 24.3 Å². The first kappa shape index (κ1) is 19.9. The van der Waals surface area contributed by atoms with Crippen molar-refractivity contribution in [3.05, 3.63) is 29.8 Å². The molecule has 2 atom stereocenters. The number of amides is 2. The van der Waals surface area contributed by atoms with Crippen molar-refractivity contribution in [1.82, 2.24) is 10.2 Å². The molecule has 1 aliphatic rings. The first-order chi connectivity index (χ1) is 12.1. The van der Waals surface area contributed by atoms with Crippen LogP contribution < -0.4 is 10.1 Å². The minimum Gasteiger partial charge on any atom is -0.484 e. The highest BCUT2D eigenvalue weighted by Crippen LogP contribution is 2.22. The molecule has 2 rings (SSSR count). The van der Waals surface area contributed by atoms with Crippen LogP contribution in [0.5, 0.6) is 5.75 Å². The molecule has 1 saturated heterocycles. The molecule has 0 spiro atoms. The van der Waals surface area contributed by atoms with Crippen molar-refractivity contribution in [2.75, 3.05) is 19.7 Å². The number of nitrogens with one attached hydrogen (secondary N) is 1. The number of ether oxygens (including phenoxy) is 1. The average Bonchev–Trinajstić information content (AvgIpc) is 2.57. The van der Waals surface area contributed by atoms with Gasteiger partial charge in [0.2, 0.25) is 0 Å². The van der Waals surface area contributed by atoms with Crippen molar-refractivity contribution in [2.45, 2.75) is 26.1 Å². The summed E-state index contributed by atoms with van der Waals surface area (Å²) in [6.45, 7) is 1.37. The van der Waals surface area contributed by atoms with E-state index in [1.165, 1.54) is 17.0 Å². The molecule has 2 amide bonds. The summed E-state index contributed by atoms with van der Waals surface area (Å²) in [4.78, 5) is 24.9. The van der Waals surface area contributed by atoms with Gasteiger partial charge in [0.15, 0.2) is 6.61 Å². The second kappa shape index (κ2) is 8.29. The van der Waals surface area contributed by atoms with Crippen LogP contribution in [0.3, 0.4) is 0 Å². The first-order valence-electron chi connectivity index (χ1n) is 8.18. The fourth-order valence-corrected chi connectivity index (χ4v) is 2.85. The smallest absolute Gasteiger partial charge is 0.422 e. The van der Waals surface area contributed by atoms with Gasteiger partial charge in [-0.15, -0.1) is 0 Å². The summed E-state index contributed by atoms with van der Waals surface area (Å²) >= 11 is 0. The van der Waals surface area contributed by atoms with E-state index in [1.807, 2.05) is 6.92 Å². The summed E-state index contributed by atoms with van der Waals surface area (Å²) < 4.78 is 40.9. The van der Waals surface area contributed by atoms with Crippen LogP contribution in [0.2, 0.25) is 0 Å². The summed E-state index contributed by atoms with van der Waals surface area (Å²) in [5, 5.41) is 11.8. The maximum absolute atomic E-state index is 12.2. The quantitative estimate of drug-likeness (QED) is 0.831. The lowest BCUT2D eigenvalue weighted by atomic mass is 9.91. The summed E-state index contributed by atoms with van der Waals surface area (Å²) in [6.07, 6.45) is -3.86. The van der Waals surface area contributed by atoms with E-state index in [0.29, 0.717) is 18.5 Å². The van der Waals surface area contributed by atoms with Gasteiger partial charge in [-0.05, 0) is 30.0 Å². The SMILES string of the molecule is CC1CC(C(=O)O)CN(C(=O)NCc2ccc(OCC(F)(F)F)cc2)C1. The summed E-state index contributed by atoms with van der Waals surface area (Å²) in [6, 6.07) is 5.56. The van der Waals surface area contributed by atoms with Crippen LogP contribution >= 0.6 is 0 Å². The van der Waals surface area contributed by atoms with E-state index in [9.17, 15) is 22.8 Å². The van der Waals surface area contributed by atoms with Crippen molar-refractivity contribution in [3.8, 4) is 5.75 Å². The molecule has 0 bridgehead atoms. The molecular weight excluding hydrogens is 353 g/mol. The Morgan fingerprint density at radius 2 is 1.92 bits per heavy atom. The molecule has 0 saturated carbocycles. The van der Waals surface area contributed by atoms with Crippen LogP contribution in [0.25, 0.3) is 0 Å². The molecule has 6 nitrogen and oxygen atoms in total. The third kappa shape index (κ3) is 6.12. The molecule has 1 heterocycles. The maximum Gasteiger partial charge on any atom is 0.422 e. The van der Waals surface area contributed by atoms with E-state index in [2.05, 4.69) is 10.1 Å². The Morgan fingerprint density at radius 3 is 2.50 bits per heavy atom. The molecular formula is C17H21F3N2O4. The summed E-state index contributed by atoms with van der Waals surface area (Å²) in [7, 11) is 0. The van der Waals surface area contributed by atoms with E-state index < -0.39 is 24.7 Å². The second-order valence-corrected chi connectivity index (χ2v) is 6.49. The number of benzene rings is 1. The normalized spacial score (nSPS) is 20.5. The number of hydrogen-bond donors (Lipinski definition) is 2. The number of alkyl halides is 3. The third-order valence-electron chi connectivity index (χ3n) is 4.07. The van der Waals surface area contributed by atoms with Crippen molar-refractivity contribution in [1.29, 1.82) is 0 Å². The molecule has 1 aromatic rings. The summed E-state index contributed by atoms with van der Waals surface area (Å²) in [5.41, 5.74) is 0.692. The molecule has 26 heavy (non-hydrogen) atoms. The molecule has 1 fully saturated rings. The number of aliphatic carboxylic acids is 1. The van der Waals surface area contributed by atoms with Gasteiger partial charge >= 0.3 is 18.2 Å². The zero-order valence-electron chi connectivity index (χ0n) is 14.3. The molecule has 2 N–H and O–H groups in total. The largest absolute Gasteiger partial charge is 0.484 e. The van der Waals surface area contributed by atoms with Crippen LogP contribution in [0, 0.1) is 11.8 Å². The highest BCUT2D eigenvalue weighted by molar-refractivity contribution is 5.76. The Kier molecular flexibility index (Phi) is 6.33. The fourth-order valence-electron chi connectivity index (χ4n) is 2.85. The third-order valence-corrected chi connectivity index (χ3v) is 4.07. The Labute approximate surface area is 148 Å². The predicted octanol–water partition coefficient (Wildman–Crippen LogP) is 2.88. The van der Waals surface area contributed by atoms with Crippen LogP contribution in [-0.4, -0.2) is 47.9 Å². The number of likely N-dealkylation sites (tertiary alicyclic amines) is 1. The van der Waals surface area contributed by atoms with Gasteiger partial charge in [-0.25, -0.2) is 4.79 Å². The molecule has 1 aromatic carbocycles. The zero-order chi connectivity index (χ0) is 19.3. The topological polar surface area (TPSA) is 78.9 Å². The standard InChI is InChI=1S/C17H21F3N2O4/c1-11-6-13(15(23)24)9-22(8-11)16(25)21-7-12-2-4-14(5-3-12)26-10-17(18,19)20/h2-5,11,13H,6-10H2,1H3,(H,21,25)(H,23,24). The van der Waals surface area contributed by atoms with E-state index in [1.54, 1.807) is 12.1 Å². The number of nitrogens with zero attached hydrogens (tertiary/aromatic N) is 1. The average molecular weight is 374 g/mol. The number of carboxylic acids is 1. The van der Waals surface area contributed by atoms with Gasteiger partial charge in [0, 0.05) is 19.6 Å². The van der Waals surface area contributed by atoms with Crippen molar-refractivity contribution in [2.24, 2.45) is 11.8 Å². The minimum absolute atomic E-state index is 0.0894. The lowest BCUT2D eigenvalue weighted by molar-refractivity contribution is -0.153. The van der Waals surface area contributed by atoms with E-state index in [4.69, 9.17) is 5.11 Å². The van der Waals surface area contributed by atoms with Crippen molar-refractivity contribution >= 4 is 12.0 Å².